The Kier molecular flexibility index (Phi) is 7.98. The van der Waals surface area contributed by atoms with Crippen molar-refractivity contribution in [2.24, 2.45) is 0 Å². The van der Waals surface area contributed by atoms with Crippen LogP contribution in [0.1, 0.15) is 17.5 Å². The molecule has 10 heteroatoms. The molecule has 1 aromatic heterocycles. The fraction of sp³-hybridized carbons (Fsp3) is 0.560. The highest BCUT2D eigenvalue weighted by molar-refractivity contribution is 6.31. The monoisotopic (exact) mass is 503 g/mol. The second-order valence-electron chi connectivity index (χ2n) is 9.62. The molecule has 1 unspecified atom stereocenters. The molecule has 9 nitrogen and oxygen atoms in total. The van der Waals surface area contributed by atoms with Gasteiger partial charge in [-0.2, -0.15) is 5.10 Å². The summed E-state index contributed by atoms with van der Waals surface area (Å²) in [7, 11) is 2.06. The summed E-state index contributed by atoms with van der Waals surface area (Å²) < 4.78 is 14.0. The number of likely N-dealkylation sites (N-methyl/N-ethyl adjacent to an activating group) is 1. The van der Waals surface area contributed by atoms with E-state index in [9.17, 15) is 9.59 Å². The number of morpholine rings is 1. The van der Waals surface area contributed by atoms with Gasteiger partial charge in [-0.1, -0.05) is 11.6 Å². The van der Waals surface area contributed by atoms with Gasteiger partial charge in [0.2, 0.25) is 11.8 Å². The lowest BCUT2D eigenvalue weighted by atomic mass is 9.96. The number of benzene rings is 1. The Morgan fingerprint density at radius 1 is 1.11 bits per heavy atom. The Morgan fingerprint density at radius 3 is 2.57 bits per heavy atom. The first-order chi connectivity index (χ1) is 16.7. The van der Waals surface area contributed by atoms with Gasteiger partial charge in [0.15, 0.2) is 0 Å². The smallest absolute Gasteiger partial charge is 0.244 e. The third-order valence-corrected chi connectivity index (χ3v) is 7.05. The maximum absolute atomic E-state index is 13.3. The first-order valence-corrected chi connectivity index (χ1v) is 12.4. The predicted octanol–water partition coefficient (Wildman–Crippen LogP) is 1.99. The van der Waals surface area contributed by atoms with E-state index in [1.165, 1.54) is 0 Å². The van der Waals surface area contributed by atoms with E-state index in [1.54, 1.807) is 27.9 Å². The number of amides is 2. The van der Waals surface area contributed by atoms with Crippen molar-refractivity contribution in [3.8, 4) is 5.75 Å². The van der Waals surface area contributed by atoms with Gasteiger partial charge in [-0.15, -0.1) is 0 Å². The quantitative estimate of drug-likeness (QED) is 0.575. The Bertz CT molecular complexity index is 1050. The van der Waals surface area contributed by atoms with Crippen LogP contribution >= 0.6 is 11.6 Å². The number of nitrogens with zero attached hydrogens (tertiary/aromatic N) is 5. The van der Waals surface area contributed by atoms with Gasteiger partial charge in [0.25, 0.3) is 0 Å². The zero-order valence-corrected chi connectivity index (χ0v) is 21.5. The van der Waals surface area contributed by atoms with Crippen LogP contribution in [0.25, 0.3) is 0 Å². The average Bonchev–Trinajstić information content (AvgIpc) is 3.24. The molecule has 0 saturated carbocycles. The lowest BCUT2D eigenvalue weighted by molar-refractivity contribution is -0.166. The molecule has 3 heterocycles. The molecule has 0 spiro atoms. The van der Waals surface area contributed by atoms with E-state index in [1.807, 2.05) is 31.0 Å². The van der Waals surface area contributed by atoms with Crippen molar-refractivity contribution in [2.75, 3.05) is 59.5 Å². The van der Waals surface area contributed by atoms with Crippen molar-refractivity contribution in [1.82, 2.24) is 24.5 Å². The lowest BCUT2D eigenvalue weighted by Gasteiger charge is -2.43. The molecule has 0 radical (unpaired) electrons. The zero-order valence-electron chi connectivity index (χ0n) is 20.7. The van der Waals surface area contributed by atoms with E-state index >= 15 is 0 Å². The molecule has 2 fully saturated rings. The van der Waals surface area contributed by atoms with E-state index < -0.39 is 5.60 Å². The topological polar surface area (TPSA) is 80.1 Å². The van der Waals surface area contributed by atoms with Crippen molar-refractivity contribution in [3.63, 3.8) is 0 Å². The molecule has 2 amide bonds. The number of carbonyl (C=O) groups excluding carboxylic acids is 2. The molecule has 0 aliphatic carbocycles. The number of piperazine rings is 1. The predicted molar refractivity (Wildman–Crippen MR) is 133 cm³/mol. The first kappa shape index (κ1) is 25.5. The van der Waals surface area contributed by atoms with Crippen LogP contribution in [-0.4, -0.2) is 101 Å². The molecule has 1 atom stereocenters. The molecule has 190 valence electrons. The fourth-order valence-corrected chi connectivity index (χ4v) is 4.58. The summed E-state index contributed by atoms with van der Waals surface area (Å²) in [4.78, 5) is 32.2. The largest absolute Gasteiger partial charge is 0.490 e. The van der Waals surface area contributed by atoms with Crippen LogP contribution in [-0.2, 0) is 20.9 Å². The summed E-state index contributed by atoms with van der Waals surface area (Å²) in [5.74, 6) is 0.610. The normalized spacial score (nSPS) is 21.3. The second-order valence-corrected chi connectivity index (χ2v) is 10.0. The summed E-state index contributed by atoms with van der Waals surface area (Å²) in [5.41, 5.74) is 0.961. The third kappa shape index (κ3) is 6.54. The summed E-state index contributed by atoms with van der Waals surface area (Å²) in [6.07, 6.45) is 3.72. The standard InChI is InChI=1S/C25H34ClN5O4/c1-19-14-27-31(15-19)16-24(33)30-10-11-35-25(17-30,13-23(32)29-8-6-28(3)7-9-29)18-34-21-4-5-22(26)20(2)12-21/h4-5,12,14-15H,6-11,13,16-18H2,1-3H3. The molecular formula is C25H34ClN5O4. The van der Waals surface area contributed by atoms with Crippen molar-refractivity contribution in [2.45, 2.75) is 32.4 Å². The van der Waals surface area contributed by atoms with E-state index in [4.69, 9.17) is 21.1 Å². The average molecular weight is 504 g/mol. The number of halogens is 1. The molecule has 2 aromatic rings. The van der Waals surface area contributed by atoms with Gasteiger partial charge in [-0.3, -0.25) is 14.3 Å². The number of ether oxygens (including phenoxy) is 2. The molecule has 35 heavy (non-hydrogen) atoms. The Balaban J connectivity index is 1.49. The molecule has 2 saturated heterocycles. The maximum Gasteiger partial charge on any atom is 0.244 e. The van der Waals surface area contributed by atoms with Crippen LogP contribution in [0.15, 0.2) is 30.6 Å². The lowest BCUT2D eigenvalue weighted by Crippen LogP contribution is -2.59. The molecule has 0 bridgehead atoms. The summed E-state index contributed by atoms with van der Waals surface area (Å²) >= 11 is 6.16. The molecular weight excluding hydrogens is 470 g/mol. The van der Waals surface area contributed by atoms with Crippen molar-refractivity contribution >= 4 is 23.4 Å². The highest BCUT2D eigenvalue weighted by Crippen LogP contribution is 2.27. The fourth-order valence-electron chi connectivity index (χ4n) is 4.46. The second kappa shape index (κ2) is 11.0. The van der Waals surface area contributed by atoms with E-state index in [0.717, 1.165) is 24.2 Å². The van der Waals surface area contributed by atoms with Gasteiger partial charge in [0.1, 0.15) is 24.5 Å². The van der Waals surface area contributed by atoms with Crippen LogP contribution in [0.5, 0.6) is 5.75 Å². The van der Waals surface area contributed by atoms with Crippen LogP contribution in [0.3, 0.4) is 0 Å². The molecule has 1 aromatic carbocycles. The van der Waals surface area contributed by atoms with E-state index in [0.29, 0.717) is 37.0 Å². The van der Waals surface area contributed by atoms with Crippen LogP contribution in [0.4, 0.5) is 0 Å². The van der Waals surface area contributed by atoms with E-state index in [2.05, 4.69) is 17.0 Å². The van der Waals surface area contributed by atoms with Gasteiger partial charge in [-0.25, -0.2) is 0 Å². The molecule has 0 N–H and O–H groups in total. The third-order valence-electron chi connectivity index (χ3n) is 6.62. The number of rotatable bonds is 7. The summed E-state index contributed by atoms with van der Waals surface area (Å²) in [6.45, 7) is 8.27. The highest BCUT2D eigenvalue weighted by Gasteiger charge is 2.42. The Labute approximate surface area is 211 Å². The van der Waals surface area contributed by atoms with Crippen LogP contribution in [0, 0.1) is 13.8 Å². The molecule has 2 aliphatic rings. The van der Waals surface area contributed by atoms with Crippen molar-refractivity contribution in [3.05, 3.63) is 46.7 Å². The van der Waals surface area contributed by atoms with Gasteiger partial charge < -0.3 is 24.2 Å². The number of hydrogen-bond donors (Lipinski definition) is 0. The van der Waals surface area contributed by atoms with Gasteiger partial charge in [0.05, 0.1) is 25.8 Å². The first-order valence-electron chi connectivity index (χ1n) is 12.0. The number of hydrogen-bond acceptors (Lipinski definition) is 6. The van der Waals surface area contributed by atoms with Crippen LogP contribution < -0.4 is 4.74 Å². The maximum atomic E-state index is 13.3. The van der Waals surface area contributed by atoms with Gasteiger partial charge in [-0.05, 0) is 50.2 Å². The summed E-state index contributed by atoms with van der Waals surface area (Å²) in [6, 6.07) is 5.46. The minimum absolute atomic E-state index is 0.0194. The number of aromatic nitrogens is 2. The Hall–Kier alpha value is -2.62. The Morgan fingerprint density at radius 2 is 1.89 bits per heavy atom. The van der Waals surface area contributed by atoms with Crippen molar-refractivity contribution < 1.29 is 19.1 Å². The van der Waals surface area contributed by atoms with Crippen LogP contribution in [0.2, 0.25) is 5.02 Å². The molecule has 4 rings (SSSR count). The highest BCUT2D eigenvalue weighted by atomic mass is 35.5. The minimum Gasteiger partial charge on any atom is -0.490 e. The van der Waals surface area contributed by atoms with Crippen molar-refractivity contribution in [1.29, 1.82) is 0 Å². The summed E-state index contributed by atoms with van der Waals surface area (Å²) in [5, 5.41) is 4.90. The molecule has 2 aliphatic heterocycles. The SMILES string of the molecule is Cc1cnn(CC(=O)N2CCOC(COc3ccc(Cl)c(C)c3)(CC(=O)N3CCN(C)CC3)C2)c1. The zero-order chi connectivity index (χ0) is 25.0. The van der Waals surface area contributed by atoms with E-state index in [-0.39, 0.29) is 37.9 Å². The number of aryl methyl sites for hydroxylation is 2. The van der Waals surface area contributed by atoms with Gasteiger partial charge in [0, 0.05) is 43.9 Å². The minimum atomic E-state index is -0.943. The number of carbonyl (C=O) groups is 2. The van der Waals surface area contributed by atoms with Gasteiger partial charge >= 0.3 is 0 Å².